The zero-order chi connectivity index (χ0) is 13.1. The van der Waals surface area contributed by atoms with Crippen LogP contribution in [0.3, 0.4) is 0 Å². The van der Waals surface area contributed by atoms with Crippen LogP contribution in [0, 0.1) is 0 Å². The van der Waals surface area contributed by atoms with Crippen LogP contribution in [0.5, 0.6) is 0 Å². The molecule has 6 heteroatoms. The summed E-state index contributed by atoms with van der Waals surface area (Å²) in [4.78, 5) is 14.7. The van der Waals surface area contributed by atoms with Crippen molar-refractivity contribution < 1.29 is 9.90 Å². The predicted octanol–water partition coefficient (Wildman–Crippen LogP) is 2.16. The molecule has 94 valence electrons. The van der Waals surface area contributed by atoms with Gasteiger partial charge >= 0.3 is 5.97 Å². The molecule has 4 nitrogen and oxygen atoms in total. The fourth-order valence-corrected chi connectivity index (χ4v) is 2.50. The number of rotatable bonds is 5. The third-order valence-corrected chi connectivity index (χ3v) is 4.26. The number of carboxylic acid groups (broad SMARTS) is 1. The first-order valence-electron chi connectivity index (χ1n) is 5.05. The molecule has 3 N–H and O–H groups in total. The lowest BCUT2D eigenvalue weighted by Crippen LogP contribution is -2.46. The predicted molar refractivity (Wildman–Crippen MR) is 70.2 cm³/mol. The molecule has 0 aliphatic carbocycles. The monoisotopic (exact) mass is 274 g/mol. The van der Waals surface area contributed by atoms with Crippen molar-refractivity contribution >= 4 is 29.3 Å². The van der Waals surface area contributed by atoms with E-state index in [1.165, 1.54) is 11.8 Å². The van der Waals surface area contributed by atoms with Crippen LogP contribution >= 0.6 is 23.4 Å². The molecule has 1 aromatic rings. The summed E-state index contributed by atoms with van der Waals surface area (Å²) in [7, 11) is 0. The summed E-state index contributed by atoms with van der Waals surface area (Å²) < 4.78 is -0.557. The van der Waals surface area contributed by atoms with Crippen molar-refractivity contribution in [3.05, 3.63) is 29.0 Å². The molecule has 1 atom stereocenters. The van der Waals surface area contributed by atoms with Crippen LogP contribution < -0.4 is 5.73 Å². The summed E-state index contributed by atoms with van der Waals surface area (Å²) in [5.74, 6) is -0.390. The van der Waals surface area contributed by atoms with Gasteiger partial charge in [0.15, 0.2) is 0 Å². The Balaban J connectivity index is 2.67. The molecule has 0 radical (unpaired) electrons. The minimum absolute atomic E-state index is 0.557. The van der Waals surface area contributed by atoms with Crippen LogP contribution in [-0.2, 0) is 10.5 Å². The summed E-state index contributed by atoms with van der Waals surface area (Å²) in [6, 6.07) is 0.908. The van der Waals surface area contributed by atoms with Crippen LogP contribution in [0.1, 0.15) is 19.4 Å². The SMILES string of the molecule is CC(C)(SCc1ccncc1Cl)[C@@H](N)C(=O)O. The Bertz CT molecular complexity index is 412. The molecule has 0 amide bonds. The number of halogens is 1. The number of carbonyl (C=O) groups is 1. The van der Waals surface area contributed by atoms with Crippen molar-refractivity contribution in [1.82, 2.24) is 4.98 Å². The molecular formula is C11H15ClN2O2S. The van der Waals surface area contributed by atoms with E-state index in [0.717, 1.165) is 5.56 Å². The largest absolute Gasteiger partial charge is 0.480 e. The Hall–Kier alpha value is -0.780. The fourth-order valence-electron chi connectivity index (χ4n) is 1.17. The van der Waals surface area contributed by atoms with E-state index in [0.29, 0.717) is 10.8 Å². The molecule has 0 bridgehead atoms. The van der Waals surface area contributed by atoms with Gasteiger partial charge in [0, 0.05) is 22.9 Å². The van der Waals surface area contributed by atoms with Gasteiger partial charge in [-0.3, -0.25) is 9.78 Å². The van der Waals surface area contributed by atoms with Crippen molar-refractivity contribution in [1.29, 1.82) is 0 Å². The maximum atomic E-state index is 10.8. The first-order chi connectivity index (χ1) is 7.84. The number of hydrogen-bond acceptors (Lipinski definition) is 4. The molecule has 1 aromatic heterocycles. The van der Waals surface area contributed by atoms with Gasteiger partial charge in [0.05, 0.1) is 5.02 Å². The Morgan fingerprint density at radius 3 is 2.88 bits per heavy atom. The molecule has 0 spiro atoms. The third kappa shape index (κ3) is 3.87. The summed E-state index contributed by atoms with van der Waals surface area (Å²) in [6.45, 7) is 3.62. The summed E-state index contributed by atoms with van der Waals surface area (Å²) in [6.07, 6.45) is 3.23. The molecule has 0 aliphatic heterocycles. The number of aliphatic carboxylic acids is 1. The van der Waals surface area contributed by atoms with Gasteiger partial charge in [-0.1, -0.05) is 11.6 Å². The summed E-state index contributed by atoms with van der Waals surface area (Å²) in [5, 5.41) is 9.48. The lowest BCUT2D eigenvalue weighted by atomic mass is 10.1. The van der Waals surface area contributed by atoms with Gasteiger partial charge in [-0.15, -0.1) is 11.8 Å². The Kier molecular flexibility index (Phi) is 4.80. The van der Waals surface area contributed by atoms with Crippen LogP contribution in [0.25, 0.3) is 0 Å². The highest BCUT2D eigenvalue weighted by Crippen LogP contribution is 2.32. The van der Waals surface area contributed by atoms with Crippen LogP contribution in [0.15, 0.2) is 18.5 Å². The number of thioether (sulfide) groups is 1. The first-order valence-corrected chi connectivity index (χ1v) is 6.41. The number of aromatic nitrogens is 1. The van der Waals surface area contributed by atoms with Crippen molar-refractivity contribution in [2.45, 2.75) is 30.4 Å². The van der Waals surface area contributed by atoms with E-state index >= 15 is 0 Å². The minimum Gasteiger partial charge on any atom is -0.480 e. The number of pyridine rings is 1. The van der Waals surface area contributed by atoms with Crippen LogP contribution in [-0.4, -0.2) is 26.8 Å². The average molecular weight is 275 g/mol. The normalized spacial score (nSPS) is 13.4. The Labute approximate surface area is 110 Å². The maximum absolute atomic E-state index is 10.8. The van der Waals surface area contributed by atoms with Crippen LogP contribution in [0.2, 0.25) is 5.02 Å². The smallest absolute Gasteiger partial charge is 0.321 e. The number of nitrogens with two attached hydrogens (primary N) is 1. The van der Waals surface area contributed by atoms with E-state index in [9.17, 15) is 4.79 Å². The second-order valence-corrected chi connectivity index (χ2v) is 6.21. The van der Waals surface area contributed by atoms with Gasteiger partial charge < -0.3 is 10.8 Å². The topological polar surface area (TPSA) is 76.2 Å². The Morgan fingerprint density at radius 1 is 1.71 bits per heavy atom. The average Bonchev–Trinajstić information content (AvgIpc) is 2.27. The molecule has 1 heterocycles. The van der Waals surface area contributed by atoms with E-state index in [1.807, 2.05) is 19.9 Å². The molecule has 0 aliphatic rings. The highest BCUT2D eigenvalue weighted by atomic mass is 35.5. The summed E-state index contributed by atoms with van der Waals surface area (Å²) in [5.41, 5.74) is 6.56. The number of nitrogens with zero attached hydrogens (tertiary/aromatic N) is 1. The lowest BCUT2D eigenvalue weighted by molar-refractivity contribution is -0.139. The van der Waals surface area contributed by atoms with E-state index in [1.54, 1.807) is 12.4 Å². The standard InChI is InChI=1S/C11H15ClN2O2S/c1-11(2,9(13)10(15)16)17-6-7-3-4-14-5-8(7)12/h3-5,9H,6,13H2,1-2H3,(H,15,16)/t9-/m0/s1. The molecule has 0 saturated heterocycles. The van der Waals surface area contributed by atoms with Crippen molar-refractivity contribution in [2.75, 3.05) is 0 Å². The quantitative estimate of drug-likeness (QED) is 0.860. The zero-order valence-corrected chi connectivity index (χ0v) is 11.3. The first kappa shape index (κ1) is 14.3. The molecular weight excluding hydrogens is 260 g/mol. The molecule has 17 heavy (non-hydrogen) atoms. The minimum atomic E-state index is -0.997. The maximum Gasteiger partial charge on any atom is 0.321 e. The second-order valence-electron chi connectivity index (χ2n) is 4.18. The zero-order valence-electron chi connectivity index (χ0n) is 9.68. The second kappa shape index (κ2) is 5.71. The fraction of sp³-hybridized carbons (Fsp3) is 0.455. The van der Waals surface area contributed by atoms with Gasteiger partial charge in [0.1, 0.15) is 6.04 Å². The molecule has 0 saturated carbocycles. The van der Waals surface area contributed by atoms with Crippen molar-refractivity contribution in [3.8, 4) is 0 Å². The third-order valence-electron chi connectivity index (χ3n) is 2.47. The van der Waals surface area contributed by atoms with Gasteiger partial charge in [-0.25, -0.2) is 0 Å². The molecule has 0 aromatic carbocycles. The van der Waals surface area contributed by atoms with Crippen molar-refractivity contribution in [3.63, 3.8) is 0 Å². The molecule has 0 fully saturated rings. The van der Waals surface area contributed by atoms with Crippen molar-refractivity contribution in [2.24, 2.45) is 5.73 Å². The van der Waals surface area contributed by atoms with E-state index < -0.39 is 16.8 Å². The van der Waals surface area contributed by atoms with E-state index in [-0.39, 0.29) is 0 Å². The van der Waals surface area contributed by atoms with Gasteiger partial charge in [0.25, 0.3) is 0 Å². The van der Waals surface area contributed by atoms with E-state index in [4.69, 9.17) is 22.4 Å². The molecule has 1 rings (SSSR count). The highest BCUT2D eigenvalue weighted by molar-refractivity contribution is 7.99. The van der Waals surface area contributed by atoms with E-state index in [2.05, 4.69) is 4.98 Å². The Morgan fingerprint density at radius 2 is 2.35 bits per heavy atom. The lowest BCUT2D eigenvalue weighted by Gasteiger charge is -2.28. The van der Waals surface area contributed by atoms with Gasteiger partial charge in [-0.2, -0.15) is 0 Å². The number of carboxylic acids is 1. The molecule has 0 unspecified atom stereocenters. The van der Waals surface area contributed by atoms with Gasteiger partial charge in [0.2, 0.25) is 0 Å². The highest BCUT2D eigenvalue weighted by Gasteiger charge is 2.32. The summed E-state index contributed by atoms with van der Waals surface area (Å²) >= 11 is 7.44. The number of hydrogen-bond donors (Lipinski definition) is 2. The van der Waals surface area contributed by atoms with Gasteiger partial charge in [-0.05, 0) is 25.5 Å². The van der Waals surface area contributed by atoms with Crippen LogP contribution in [0.4, 0.5) is 0 Å².